The maximum absolute atomic E-state index is 12.6. The summed E-state index contributed by atoms with van der Waals surface area (Å²) in [5.41, 5.74) is 8.17. The number of nitrogens with one attached hydrogen (secondary N) is 1. The van der Waals surface area contributed by atoms with Gasteiger partial charge in [-0.3, -0.25) is 14.4 Å². The molecule has 0 fully saturated rings. The maximum Gasteiger partial charge on any atom is 0.256 e. The molecule has 3 N–H and O–H groups in total. The monoisotopic (exact) mass is 357 g/mol. The first-order valence-corrected chi connectivity index (χ1v) is 8.77. The zero-order valence-electron chi connectivity index (χ0n) is 14.1. The molecule has 25 heavy (non-hydrogen) atoms. The van der Waals surface area contributed by atoms with Gasteiger partial charge < -0.3 is 16.0 Å². The minimum atomic E-state index is -0.561. The van der Waals surface area contributed by atoms with Crippen LogP contribution in [0, 0.1) is 6.92 Å². The minimum Gasteiger partial charge on any atom is -0.365 e. The Morgan fingerprint density at radius 3 is 2.60 bits per heavy atom. The Labute approximate surface area is 149 Å². The molecule has 1 aliphatic heterocycles. The average Bonchev–Trinajstić information content (AvgIpc) is 2.91. The van der Waals surface area contributed by atoms with Gasteiger partial charge in [0, 0.05) is 23.9 Å². The fourth-order valence-corrected chi connectivity index (χ4v) is 4.28. The number of aryl methyl sites for hydroxylation is 1. The maximum atomic E-state index is 12.6. The molecule has 1 aliphatic rings. The fraction of sp³-hybridized carbons (Fsp3) is 0.278. The van der Waals surface area contributed by atoms with E-state index in [4.69, 9.17) is 5.73 Å². The van der Waals surface area contributed by atoms with Crippen molar-refractivity contribution in [2.75, 3.05) is 11.9 Å². The smallest absolute Gasteiger partial charge is 0.256 e. The number of primary amides is 1. The van der Waals surface area contributed by atoms with Crippen molar-refractivity contribution in [3.05, 3.63) is 51.4 Å². The van der Waals surface area contributed by atoms with Gasteiger partial charge in [-0.15, -0.1) is 11.3 Å². The number of carbonyl (C=O) groups is 3. The molecule has 2 aromatic rings. The van der Waals surface area contributed by atoms with Gasteiger partial charge in [0.1, 0.15) is 5.00 Å². The summed E-state index contributed by atoms with van der Waals surface area (Å²) in [6.45, 7) is 4.36. The molecule has 1 aromatic carbocycles. The Bertz CT molecular complexity index is 872. The number of hydrogen-bond donors (Lipinski definition) is 2. The third-order valence-electron chi connectivity index (χ3n) is 4.37. The van der Waals surface area contributed by atoms with Gasteiger partial charge >= 0.3 is 0 Å². The number of nitrogens with zero attached hydrogens (tertiary/aromatic N) is 1. The van der Waals surface area contributed by atoms with Crippen molar-refractivity contribution in [1.82, 2.24) is 4.90 Å². The molecule has 6 nitrogen and oxygen atoms in total. The van der Waals surface area contributed by atoms with Gasteiger partial charge in [0.25, 0.3) is 11.8 Å². The summed E-state index contributed by atoms with van der Waals surface area (Å²) in [4.78, 5) is 38.7. The van der Waals surface area contributed by atoms with E-state index in [1.54, 1.807) is 17.0 Å². The number of carbonyl (C=O) groups excluding carboxylic acids is 3. The zero-order chi connectivity index (χ0) is 18.1. The Balaban J connectivity index is 1.94. The molecule has 7 heteroatoms. The van der Waals surface area contributed by atoms with Crippen LogP contribution in [0.3, 0.4) is 0 Å². The minimum absolute atomic E-state index is 0.00910. The van der Waals surface area contributed by atoms with Crippen LogP contribution in [0.15, 0.2) is 24.3 Å². The van der Waals surface area contributed by atoms with E-state index in [2.05, 4.69) is 5.32 Å². The number of nitrogens with two attached hydrogens (primary N) is 1. The lowest BCUT2D eigenvalue weighted by Gasteiger charge is -2.25. The van der Waals surface area contributed by atoms with Gasteiger partial charge in [-0.2, -0.15) is 0 Å². The Hall–Kier alpha value is -2.67. The van der Waals surface area contributed by atoms with Crippen molar-refractivity contribution in [2.45, 2.75) is 26.8 Å². The quantitative estimate of drug-likeness (QED) is 0.883. The fourth-order valence-electron chi connectivity index (χ4n) is 3.02. The lowest BCUT2D eigenvalue weighted by molar-refractivity contribution is -0.129. The highest BCUT2D eigenvalue weighted by molar-refractivity contribution is 7.17. The Kier molecular flexibility index (Phi) is 4.59. The molecule has 3 amide bonds. The molecule has 0 saturated carbocycles. The van der Waals surface area contributed by atoms with Crippen LogP contribution < -0.4 is 11.1 Å². The van der Waals surface area contributed by atoms with Crippen molar-refractivity contribution in [2.24, 2.45) is 5.73 Å². The predicted octanol–water partition coefficient (Wildman–Crippen LogP) is 2.31. The molecule has 0 spiro atoms. The first-order valence-electron chi connectivity index (χ1n) is 7.95. The molecule has 2 heterocycles. The second kappa shape index (κ2) is 6.68. The van der Waals surface area contributed by atoms with E-state index in [0.717, 1.165) is 16.0 Å². The molecule has 0 saturated heterocycles. The van der Waals surface area contributed by atoms with Crippen molar-refractivity contribution in [3.8, 4) is 0 Å². The molecule has 0 bridgehead atoms. The van der Waals surface area contributed by atoms with Crippen LogP contribution in [-0.2, 0) is 17.8 Å². The second-order valence-electron chi connectivity index (χ2n) is 6.03. The molecule has 1 aromatic heterocycles. The summed E-state index contributed by atoms with van der Waals surface area (Å²) in [6.07, 6.45) is 0.559. The highest BCUT2D eigenvalue weighted by atomic mass is 32.1. The topological polar surface area (TPSA) is 92.5 Å². The predicted molar refractivity (Wildman–Crippen MR) is 96.8 cm³/mol. The van der Waals surface area contributed by atoms with Crippen molar-refractivity contribution >= 4 is 34.1 Å². The number of rotatable bonds is 3. The second-order valence-corrected chi connectivity index (χ2v) is 7.14. The van der Waals surface area contributed by atoms with E-state index >= 15 is 0 Å². The standard InChI is InChI=1S/C18H19N3O3S/c1-10-5-3-4-6-12(10)17(24)20-18-15(16(19)23)13-7-8-21(11(2)22)9-14(13)25-18/h3-6H,7-9H2,1-2H3,(H2,19,23)(H,20,24). The third kappa shape index (κ3) is 3.28. The summed E-state index contributed by atoms with van der Waals surface area (Å²) >= 11 is 1.31. The average molecular weight is 357 g/mol. The highest BCUT2D eigenvalue weighted by Gasteiger charge is 2.28. The molecule has 0 unspecified atom stereocenters. The Morgan fingerprint density at radius 2 is 1.96 bits per heavy atom. The van der Waals surface area contributed by atoms with E-state index in [1.807, 2.05) is 19.1 Å². The first kappa shape index (κ1) is 17.2. The number of anilines is 1. The molecule has 130 valence electrons. The summed E-state index contributed by atoms with van der Waals surface area (Å²) < 4.78 is 0. The number of fused-ring (bicyclic) bond motifs is 1. The number of benzene rings is 1. The van der Waals surface area contributed by atoms with Gasteiger partial charge in [-0.05, 0) is 30.5 Å². The SMILES string of the molecule is CC(=O)N1CCc2c(sc(NC(=O)c3ccccc3C)c2C(N)=O)C1. The lowest BCUT2D eigenvalue weighted by atomic mass is 10.0. The summed E-state index contributed by atoms with van der Waals surface area (Å²) in [7, 11) is 0. The largest absolute Gasteiger partial charge is 0.365 e. The van der Waals surface area contributed by atoms with E-state index in [0.29, 0.717) is 35.6 Å². The zero-order valence-corrected chi connectivity index (χ0v) is 14.9. The molecule has 0 atom stereocenters. The van der Waals surface area contributed by atoms with Gasteiger partial charge in [-0.25, -0.2) is 0 Å². The molecule has 0 radical (unpaired) electrons. The van der Waals surface area contributed by atoms with Crippen LogP contribution in [0.25, 0.3) is 0 Å². The van der Waals surface area contributed by atoms with Gasteiger partial charge in [0.15, 0.2) is 0 Å². The normalized spacial score (nSPS) is 13.3. The van der Waals surface area contributed by atoms with E-state index in [9.17, 15) is 14.4 Å². The molecule has 0 aliphatic carbocycles. The summed E-state index contributed by atoms with van der Waals surface area (Å²) in [6, 6.07) is 7.25. The van der Waals surface area contributed by atoms with E-state index in [1.165, 1.54) is 18.3 Å². The number of hydrogen-bond acceptors (Lipinski definition) is 4. The summed E-state index contributed by atoms with van der Waals surface area (Å²) in [5.74, 6) is -0.846. The number of amides is 3. The van der Waals surface area contributed by atoms with Crippen LogP contribution in [0.5, 0.6) is 0 Å². The van der Waals surface area contributed by atoms with Crippen LogP contribution in [-0.4, -0.2) is 29.2 Å². The molecule has 3 rings (SSSR count). The number of thiophene rings is 1. The third-order valence-corrected chi connectivity index (χ3v) is 5.50. The van der Waals surface area contributed by atoms with E-state index < -0.39 is 5.91 Å². The first-order chi connectivity index (χ1) is 11.9. The Morgan fingerprint density at radius 1 is 1.24 bits per heavy atom. The van der Waals surface area contributed by atoms with Gasteiger partial charge in [0.2, 0.25) is 5.91 Å². The lowest BCUT2D eigenvalue weighted by Crippen LogP contribution is -2.34. The molecular weight excluding hydrogens is 338 g/mol. The van der Waals surface area contributed by atoms with Crippen molar-refractivity contribution in [1.29, 1.82) is 0 Å². The van der Waals surface area contributed by atoms with Gasteiger partial charge in [-0.1, -0.05) is 18.2 Å². The summed E-state index contributed by atoms with van der Waals surface area (Å²) in [5, 5.41) is 3.28. The van der Waals surface area contributed by atoms with E-state index in [-0.39, 0.29) is 11.8 Å². The van der Waals surface area contributed by atoms with Gasteiger partial charge in [0.05, 0.1) is 12.1 Å². The van der Waals surface area contributed by atoms with Crippen LogP contribution in [0.2, 0.25) is 0 Å². The highest BCUT2D eigenvalue weighted by Crippen LogP contribution is 2.37. The molecular formula is C18H19N3O3S. The van der Waals surface area contributed by atoms with Crippen molar-refractivity contribution < 1.29 is 14.4 Å². The van der Waals surface area contributed by atoms with Crippen LogP contribution >= 0.6 is 11.3 Å². The van der Waals surface area contributed by atoms with Crippen LogP contribution in [0.4, 0.5) is 5.00 Å². The van der Waals surface area contributed by atoms with Crippen molar-refractivity contribution in [3.63, 3.8) is 0 Å². The van der Waals surface area contributed by atoms with Crippen LogP contribution in [0.1, 0.15) is 43.6 Å².